The number of hydrogen-bond acceptors (Lipinski definition) is 6. The third kappa shape index (κ3) is 7.63. The van der Waals surface area contributed by atoms with Crippen LogP contribution in [0.15, 0.2) is 29.4 Å². The van der Waals surface area contributed by atoms with Gasteiger partial charge in [0.1, 0.15) is 23.0 Å². The first-order valence-corrected chi connectivity index (χ1v) is 11.2. The summed E-state index contributed by atoms with van der Waals surface area (Å²) in [6.45, 7) is 15.2. The molecule has 0 fully saturated rings. The summed E-state index contributed by atoms with van der Waals surface area (Å²) >= 11 is 4.37. The van der Waals surface area contributed by atoms with E-state index in [4.69, 9.17) is 10.00 Å². The zero-order valence-corrected chi connectivity index (χ0v) is 21.4. The molecule has 3 aromatic heterocycles. The number of aromatic nitrogens is 4. The number of alkyl halides is 3. The maximum absolute atomic E-state index is 12.9. The normalized spacial score (nSPS) is 10.5. The Bertz CT molecular complexity index is 1070. The zero-order chi connectivity index (χ0) is 26.0. The molecular formula is C23H32F3N5OS. The molecule has 0 saturated heterocycles. The Balaban J connectivity index is 0.00000158. The largest absolute Gasteiger partial charge is 0.471 e. The highest BCUT2D eigenvalue weighted by atomic mass is 32.1. The van der Waals surface area contributed by atoms with Crippen LogP contribution in [0.25, 0.3) is 22.7 Å². The molecule has 33 heavy (non-hydrogen) atoms. The fraction of sp³-hybridized carbons (Fsp3) is 0.478. The van der Waals surface area contributed by atoms with Crippen molar-refractivity contribution in [2.75, 3.05) is 0 Å². The number of thiol groups is 1. The van der Waals surface area contributed by atoms with Crippen LogP contribution in [0.5, 0.6) is 5.75 Å². The van der Waals surface area contributed by atoms with E-state index in [0.717, 1.165) is 12.3 Å². The SMILES string of the molecule is CC.CC.CC.Cn1c(-c2ncc(OC(C)(C)C#N)cc2S)nc2cc(C(F)(F)F)cnc21. The van der Waals surface area contributed by atoms with Gasteiger partial charge >= 0.3 is 6.18 Å². The maximum atomic E-state index is 12.9. The Morgan fingerprint density at radius 1 is 1.00 bits per heavy atom. The average molecular weight is 484 g/mol. The van der Waals surface area contributed by atoms with Crippen molar-refractivity contribution in [3.8, 4) is 23.3 Å². The predicted octanol–water partition coefficient (Wildman–Crippen LogP) is 7.10. The molecule has 3 aromatic rings. The summed E-state index contributed by atoms with van der Waals surface area (Å²) in [7, 11) is 1.63. The minimum atomic E-state index is -4.50. The van der Waals surface area contributed by atoms with Crippen LogP contribution in [0, 0.1) is 11.3 Å². The van der Waals surface area contributed by atoms with Crippen molar-refractivity contribution in [3.05, 3.63) is 30.1 Å². The van der Waals surface area contributed by atoms with Gasteiger partial charge in [0, 0.05) is 18.1 Å². The molecule has 0 aliphatic heterocycles. The van der Waals surface area contributed by atoms with E-state index in [1.165, 1.54) is 10.8 Å². The van der Waals surface area contributed by atoms with Gasteiger partial charge in [0.05, 0.1) is 11.8 Å². The lowest BCUT2D eigenvalue weighted by Crippen LogP contribution is -2.25. The minimum absolute atomic E-state index is 0.0998. The van der Waals surface area contributed by atoms with E-state index in [9.17, 15) is 13.2 Å². The van der Waals surface area contributed by atoms with Crippen LogP contribution in [0.4, 0.5) is 13.2 Å². The number of pyridine rings is 2. The molecule has 0 atom stereocenters. The molecule has 0 unspecified atom stereocenters. The fourth-order valence-electron chi connectivity index (χ4n) is 2.42. The second-order valence-electron chi connectivity index (χ2n) is 6.32. The van der Waals surface area contributed by atoms with Crippen LogP contribution in [0.3, 0.4) is 0 Å². The topological polar surface area (TPSA) is 76.6 Å². The van der Waals surface area contributed by atoms with Gasteiger partial charge in [-0.15, -0.1) is 12.6 Å². The number of nitrogens with zero attached hydrogens (tertiary/aromatic N) is 5. The van der Waals surface area contributed by atoms with Gasteiger partial charge in [-0.05, 0) is 26.0 Å². The van der Waals surface area contributed by atoms with Gasteiger partial charge in [0.25, 0.3) is 0 Å². The number of hydrogen-bond donors (Lipinski definition) is 1. The second-order valence-corrected chi connectivity index (χ2v) is 6.80. The summed E-state index contributed by atoms with van der Waals surface area (Å²) in [4.78, 5) is 12.7. The molecule has 0 aliphatic rings. The van der Waals surface area contributed by atoms with Gasteiger partial charge in [-0.25, -0.2) is 15.0 Å². The lowest BCUT2D eigenvalue weighted by molar-refractivity contribution is -0.137. The van der Waals surface area contributed by atoms with Crippen molar-refractivity contribution >= 4 is 23.8 Å². The minimum Gasteiger partial charge on any atom is -0.471 e. The molecule has 6 nitrogen and oxygen atoms in total. The number of halogens is 3. The number of ether oxygens (including phenoxy) is 1. The first-order chi connectivity index (χ1) is 15.5. The molecule has 0 aliphatic carbocycles. The van der Waals surface area contributed by atoms with E-state index in [1.807, 2.05) is 47.6 Å². The summed E-state index contributed by atoms with van der Waals surface area (Å²) in [5.41, 5.74) is -1.17. The summed E-state index contributed by atoms with van der Waals surface area (Å²) in [5, 5.41) is 9.04. The van der Waals surface area contributed by atoms with Crippen LogP contribution in [-0.2, 0) is 13.2 Å². The average Bonchev–Trinajstić information content (AvgIpc) is 3.13. The second kappa shape index (κ2) is 13.0. The van der Waals surface area contributed by atoms with Gasteiger partial charge in [-0.1, -0.05) is 41.5 Å². The molecule has 0 bridgehead atoms. The monoisotopic (exact) mass is 483 g/mol. The third-order valence-electron chi connectivity index (χ3n) is 3.73. The molecule has 0 N–H and O–H groups in total. The Morgan fingerprint density at radius 3 is 2.06 bits per heavy atom. The van der Waals surface area contributed by atoms with E-state index >= 15 is 0 Å². The summed E-state index contributed by atoms with van der Waals surface area (Å²) in [5.74, 6) is 0.652. The van der Waals surface area contributed by atoms with Crippen LogP contribution in [0.2, 0.25) is 0 Å². The Morgan fingerprint density at radius 2 is 1.58 bits per heavy atom. The highest BCUT2D eigenvalue weighted by Crippen LogP contribution is 2.33. The van der Waals surface area contributed by atoms with E-state index < -0.39 is 17.3 Å². The molecule has 0 radical (unpaired) electrons. The fourth-order valence-corrected chi connectivity index (χ4v) is 2.71. The van der Waals surface area contributed by atoms with Gasteiger partial charge in [0.2, 0.25) is 0 Å². The predicted molar refractivity (Wildman–Crippen MR) is 128 cm³/mol. The third-order valence-corrected chi connectivity index (χ3v) is 4.07. The Hall–Kier alpha value is -2.80. The molecule has 0 saturated carbocycles. The number of fused-ring (bicyclic) bond motifs is 1. The Labute approximate surface area is 199 Å². The zero-order valence-electron chi connectivity index (χ0n) is 20.5. The summed E-state index contributed by atoms with van der Waals surface area (Å²) in [6, 6.07) is 4.52. The number of rotatable bonds is 3. The highest BCUT2D eigenvalue weighted by Gasteiger charge is 2.32. The number of aryl methyl sites for hydroxylation is 1. The number of imidazole rings is 1. The molecular weight excluding hydrogens is 451 g/mol. The van der Waals surface area contributed by atoms with Crippen molar-refractivity contribution in [2.24, 2.45) is 7.05 Å². The first kappa shape index (κ1) is 30.2. The van der Waals surface area contributed by atoms with E-state index in [1.54, 1.807) is 27.0 Å². The van der Waals surface area contributed by atoms with Crippen LogP contribution in [0.1, 0.15) is 61.0 Å². The summed E-state index contributed by atoms with van der Waals surface area (Å²) in [6.07, 6.45) is -2.33. The number of nitriles is 1. The smallest absolute Gasteiger partial charge is 0.417 e. The molecule has 182 valence electrons. The highest BCUT2D eigenvalue weighted by molar-refractivity contribution is 7.80. The molecule has 3 heterocycles. The first-order valence-electron chi connectivity index (χ1n) is 10.7. The van der Waals surface area contributed by atoms with Gasteiger partial charge in [-0.2, -0.15) is 18.4 Å². The van der Waals surface area contributed by atoms with Gasteiger partial charge < -0.3 is 9.30 Å². The molecule has 0 aromatic carbocycles. The van der Waals surface area contributed by atoms with Gasteiger partial charge in [0.15, 0.2) is 17.1 Å². The lowest BCUT2D eigenvalue weighted by atomic mass is 10.2. The van der Waals surface area contributed by atoms with Crippen LogP contribution >= 0.6 is 12.6 Å². The van der Waals surface area contributed by atoms with Gasteiger partial charge in [-0.3, -0.25) is 0 Å². The van der Waals surface area contributed by atoms with Crippen molar-refractivity contribution < 1.29 is 17.9 Å². The van der Waals surface area contributed by atoms with E-state index in [0.29, 0.717) is 27.8 Å². The standard InChI is InChI=1S/C17H14F3N5OS.3C2H6/c1-16(2,8-21)26-10-5-12(27)13(22-7-10)15-24-11-4-9(17(18,19)20)6-23-14(11)25(15)3;3*1-2/h4-7,27H,1-3H3;3*1-2H3. The molecule has 3 rings (SSSR count). The van der Waals surface area contributed by atoms with Crippen molar-refractivity contribution in [1.29, 1.82) is 5.26 Å². The maximum Gasteiger partial charge on any atom is 0.417 e. The quantitative estimate of drug-likeness (QED) is 0.402. The summed E-state index contributed by atoms with van der Waals surface area (Å²) < 4.78 is 45.7. The van der Waals surface area contributed by atoms with Crippen LogP contribution < -0.4 is 4.74 Å². The lowest BCUT2D eigenvalue weighted by Gasteiger charge is -2.18. The van der Waals surface area contributed by atoms with E-state index in [-0.39, 0.29) is 5.52 Å². The van der Waals surface area contributed by atoms with Crippen molar-refractivity contribution in [3.63, 3.8) is 0 Å². The van der Waals surface area contributed by atoms with Crippen molar-refractivity contribution in [1.82, 2.24) is 19.5 Å². The molecule has 0 spiro atoms. The van der Waals surface area contributed by atoms with E-state index in [2.05, 4.69) is 27.6 Å². The van der Waals surface area contributed by atoms with Crippen molar-refractivity contribution in [2.45, 2.75) is 72.1 Å². The molecule has 0 amide bonds. The molecule has 10 heteroatoms. The Kier molecular flexibility index (Phi) is 11.9. The van der Waals surface area contributed by atoms with Crippen LogP contribution in [-0.4, -0.2) is 25.1 Å².